The average Bonchev–Trinajstić information content (AvgIpc) is 2.64. The number of β-amino-alcohol motifs (C(OH)–C–C–N with tert-alkyl or cyclic N) is 1. The van der Waals surface area contributed by atoms with Crippen LogP contribution in [0.2, 0.25) is 0 Å². The summed E-state index contributed by atoms with van der Waals surface area (Å²) >= 11 is 0.591. The number of carbonyl (C=O) groups is 1. The molecule has 1 saturated heterocycles. The summed E-state index contributed by atoms with van der Waals surface area (Å²) in [5, 5.41) is 28.7. The Morgan fingerprint density at radius 3 is 2.52 bits per heavy atom. The van der Waals surface area contributed by atoms with Gasteiger partial charge in [-0.25, -0.2) is 0 Å². The van der Waals surface area contributed by atoms with Gasteiger partial charge in [0.05, 0.1) is 0 Å². The van der Waals surface area contributed by atoms with Gasteiger partial charge in [0.25, 0.3) is 0 Å². The van der Waals surface area contributed by atoms with Crippen LogP contribution in [0, 0.1) is 21.0 Å². The van der Waals surface area contributed by atoms with E-state index >= 15 is 0 Å². The molecule has 0 aliphatic carbocycles. The first-order valence-corrected chi connectivity index (χ1v) is 11.5. The third-order valence-corrected chi connectivity index (χ3v) is 7.85. The molecule has 3 rings (SSSR count). The zero-order valence-electron chi connectivity index (χ0n) is 14.9. The monoisotopic (exact) mass is 582 g/mol. The van der Waals surface area contributed by atoms with Crippen molar-refractivity contribution >= 4 is 53.0 Å². The van der Waals surface area contributed by atoms with E-state index in [0.29, 0.717) is 3.57 Å². The zero-order chi connectivity index (χ0) is 21.3. The van der Waals surface area contributed by atoms with Crippen LogP contribution in [0.4, 0.5) is 13.2 Å². The van der Waals surface area contributed by atoms with Crippen LogP contribution in [0.1, 0.15) is 16.8 Å². The van der Waals surface area contributed by atoms with Crippen molar-refractivity contribution in [1.29, 1.82) is 0 Å². The first-order valence-electron chi connectivity index (χ1n) is 8.59. The molecule has 0 aromatic heterocycles. The number of aliphatic hydroxyl groups is 3. The SMILES string of the molecule is O=C(c1ccc(F)c(F)c1[As]c1ccc(I)cc1F)N1CC(O)(CC(O)CO)C1. The van der Waals surface area contributed by atoms with Gasteiger partial charge in [0.1, 0.15) is 0 Å². The van der Waals surface area contributed by atoms with E-state index in [1.807, 2.05) is 22.6 Å². The summed E-state index contributed by atoms with van der Waals surface area (Å²) in [6.07, 6.45) is -1.23. The standard InChI is InChI=1S/C19H17AsF3INO4/c21-14-4-2-12(18(28)25-8-19(29,9-25)6-11(27)7-26)16(17(14)23)20-13-3-1-10(24)5-15(13)22/h1-5,11,26-27,29H,6-9H2. The maximum absolute atomic E-state index is 14.5. The molecule has 155 valence electrons. The number of aliphatic hydroxyl groups excluding tert-OH is 2. The van der Waals surface area contributed by atoms with E-state index in [2.05, 4.69) is 0 Å². The molecule has 1 radical (unpaired) electrons. The summed E-state index contributed by atoms with van der Waals surface area (Å²) < 4.78 is 43.3. The summed E-state index contributed by atoms with van der Waals surface area (Å²) in [5.41, 5.74) is -1.43. The van der Waals surface area contributed by atoms with Gasteiger partial charge in [-0.2, -0.15) is 0 Å². The van der Waals surface area contributed by atoms with E-state index in [1.54, 1.807) is 6.07 Å². The first-order chi connectivity index (χ1) is 13.6. The van der Waals surface area contributed by atoms with Crippen molar-refractivity contribution in [2.45, 2.75) is 18.1 Å². The van der Waals surface area contributed by atoms with Crippen LogP contribution in [-0.2, 0) is 0 Å². The Morgan fingerprint density at radius 2 is 1.90 bits per heavy atom. The summed E-state index contributed by atoms with van der Waals surface area (Å²) in [7, 11) is 0. The van der Waals surface area contributed by atoms with Gasteiger partial charge in [-0.15, -0.1) is 0 Å². The number of nitrogens with zero attached hydrogens (tertiary/aromatic N) is 1. The fourth-order valence-electron chi connectivity index (χ4n) is 3.12. The molecule has 1 aliphatic heterocycles. The normalized spacial score (nSPS) is 16.9. The van der Waals surface area contributed by atoms with Crippen LogP contribution in [0.25, 0.3) is 0 Å². The molecular formula is C19H17AsF3INO4. The maximum atomic E-state index is 14.5. The summed E-state index contributed by atoms with van der Waals surface area (Å²) in [5.74, 6) is -3.46. The average molecular weight is 582 g/mol. The Kier molecular flexibility index (Phi) is 6.95. The van der Waals surface area contributed by atoms with Gasteiger partial charge in [-0.3, -0.25) is 0 Å². The number of halogens is 4. The second kappa shape index (κ2) is 8.93. The van der Waals surface area contributed by atoms with E-state index in [4.69, 9.17) is 5.11 Å². The van der Waals surface area contributed by atoms with Gasteiger partial charge in [-0.05, 0) is 0 Å². The molecule has 0 spiro atoms. The van der Waals surface area contributed by atoms with Crippen LogP contribution >= 0.6 is 22.6 Å². The van der Waals surface area contributed by atoms with E-state index in [1.165, 1.54) is 17.0 Å². The molecule has 2 aromatic carbocycles. The zero-order valence-corrected chi connectivity index (χ0v) is 19.0. The van der Waals surface area contributed by atoms with Crippen molar-refractivity contribution < 1.29 is 33.3 Å². The Morgan fingerprint density at radius 1 is 1.21 bits per heavy atom. The summed E-state index contributed by atoms with van der Waals surface area (Å²) in [4.78, 5) is 14.1. The molecule has 10 heteroatoms. The topological polar surface area (TPSA) is 81.0 Å². The van der Waals surface area contributed by atoms with Crippen LogP contribution < -0.4 is 8.70 Å². The molecular weight excluding hydrogens is 565 g/mol. The number of hydrogen-bond donors (Lipinski definition) is 3. The van der Waals surface area contributed by atoms with Crippen molar-refractivity contribution in [3.63, 3.8) is 0 Å². The molecule has 1 aliphatic rings. The van der Waals surface area contributed by atoms with E-state index in [-0.39, 0.29) is 33.8 Å². The van der Waals surface area contributed by atoms with Crippen LogP contribution in [0.15, 0.2) is 30.3 Å². The fourth-order valence-corrected chi connectivity index (χ4v) is 5.80. The molecule has 1 amide bonds. The van der Waals surface area contributed by atoms with Gasteiger partial charge >= 0.3 is 186 Å². The molecule has 1 fully saturated rings. The second-order valence-corrected chi connectivity index (χ2v) is 10.6. The Balaban J connectivity index is 1.85. The van der Waals surface area contributed by atoms with E-state index < -0.39 is 57.4 Å². The minimum atomic E-state index is -1.35. The predicted octanol–water partition coefficient (Wildman–Crippen LogP) is 0.294. The van der Waals surface area contributed by atoms with E-state index in [9.17, 15) is 28.2 Å². The first kappa shape index (κ1) is 22.6. The molecule has 5 nitrogen and oxygen atoms in total. The van der Waals surface area contributed by atoms with Crippen molar-refractivity contribution in [2.24, 2.45) is 0 Å². The molecule has 29 heavy (non-hydrogen) atoms. The Hall–Kier alpha value is -1.13. The van der Waals surface area contributed by atoms with Crippen LogP contribution in [-0.4, -0.2) is 73.3 Å². The number of likely N-dealkylation sites (tertiary alicyclic amines) is 1. The fraction of sp³-hybridized carbons (Fsp3) is 0.316. The van der Waals surface area contributed by atoms with Crippen LogP contribution in [0.5, 0.6) is 0 Å². The van der Waals surface area contributed by atoms with Crippen molar-refractivity contribution in [2.75, 3.05) is 19.7 Å². The molecule has 3 N–H and O–H groups in total. The summed E-state index contributed by atoms with van der Waals surface area (Å²) in [6.45, 7) is -0.750. The van der Waals surface area contributed by atoms with Gasteiger partial charge in [-0.1, -0.05) is 0 Å². The number of rotatable bonds is 6. The third kappa shape index (κ3) is 4.96. The van der Waals surface area contributed by atoms with Gasteiger partial charge in [0, 0.05) is 0 Å². The van der Waals surface area contributed by atoms with E-state index in [0.717, 1.165) is 12.1 Å². The van der Waals surface area contributed by atoms with Crippen molar-refractivity contribution in [3.8, 4) is 0 Å². The number of carbonyl (C=O) groups excluding carboxylic acids is 1. The quantitative estimate of drug-likeness (QED) is 0.339. The molecule has 0 bridgehead atoms. The molecule has 1 heterocycles. The number of benzene rings is 2. The summed E-state index contributed by atoms with van der Waals surface area (Å²) in [6, 6.07) is 6.44. The van der Waals surface area contributed by atoms with Gasteiger partial charge < -0.3 is 0 Å². The predicted molar refractivity (Wildman–Crippen MR) is 109 cm³/mol. The van der Waals surface area contributed by atoms with Gasteiger partial charge in [0.2, 0.25) is 0 Å². The van der Waals surface area contributed by atoms with Crippen LogP contribution in [0.3, 0.4) is 0 Å². The second-order valence-electron chi connectivity index (χ2n) is 6.89. The minimum absolute atomic E-state index is 0.0772. The number of hydrogen-bond acceptors (Lipinski definition) is 4. The van der Waals surface area contributed by atoms with Crippen molar-refractivity contribution in [3.05, 3.63) is 56.9 Å². The Bertz CT molecular complexity index is 940. The molecule has 1 unspecified atom stereocenters. The third-order valence-electron chi connectivity index (χ3n) is 4.53. The molecule has 0 saturated carbocycles. The van der Waals surface area contributed by atoms with Gasteiger partial charge in [0.15, 0.2) is 0 Å². The van der Waals surface area contributed by atoms with Crippen molar-refractivity contribution in [1.82, 2.24) is 4.90 Å². The Labute approximate surface area is 185 Å². The number of amides is 1. The molecule has 1 atom stereocenters. The molecule has 2 aromatic rings.